The molecule has 0 unspecified atom stereocenters. The van der Waals surface area contributed by atoms with E-state index in [1.54, 1.807) is 0 Å². The summed E-state index contributed by atoms with van der Waals surface area (Å²) in [6, 6.07) is 9.38. The van der Waals surface area contributed by atoms with E-state index in [1.807, 2.05) is 6.92 Å². The summed E-state index contributed by atoms with van der Waals surface area (Å²) >= 11 is 6.27. The number of amides is 1. The van der Waals surface area contributed by atoms with Crippen LogP contribution in [0.5, 0.6) is 0 Å². The quantitative estimate of drug-likeness (QED) is 0.503. The molecule has 4 rings (SSSR count). The Balaban J connectivity index is 1.59. The van der Waals surface area contributed by atoms with E-state index < -0.39 is 15.8 Å². The summed E-state index contributed by atoms with van der Waals surface area (Å²) < 4.78 is 41.4. The lowest BCUT2D eigenvalue weighted by Gasteiger charge is -2.28. The molecule has 0 aromatic heterocycles. The van der Waals surface area contributed by atoms with Crippen LogP contribution in [0.1, 0.15) is 43.0 Å². The van der Waals surface area contributed by atoms with Gasteiger partial charge in [0.15, 0.2) is 0 Å². The van der Waals surface area contributed by atoms with E-state index in [0.29, 0.717) is 11.8 Å². The van der Waals surface area contributed by atoms with Crippen molar-refractivity contribution < 1.29 is 17.6 Å². The second kappa shape index (κ2) is 9.47. The molecule has 0 saturated heterocycles. The highest BCUT2D eigenvalue weighted by atomic mass is 35.5. The van der Waals surface area contributed by atoms with Gasteiger partial charge in [0, 0.05) is 11.6 Å². The van der Waals surface area contributed by atoms with Crippen molar-refractivity contribution in [2.75, 3.05) is 10.8 Å². The van der Waals surface area contributed by atoms with Crippen LogP contribution in [0.15, 0.2) is 60.0 Å². The first-order chi connectivity index (χ1) is 15.7. The Morgan fingerprint density at radius 2 is 1.97 bits per heavy atom. The maximum atomic E-state index is 13.5. The fourth-order valence-electron chi connectivity index (χ4n) is 5.33. The van der Waals surface area contributed by atoms with Gasteiger partial charge in [0.25, 0.3) is 15.9 Å². The Bertz CT molecular complexity index is 1150. The molecule has 2 aromatic carbocycles. The summed E-state index contributed by atoms with van der Waals surface area (Å²) in [6.45, 7) is 5.61. The first-order valence-electron chi connectivity index (χ1n) is 11.2. The SMILES string of the molecule is C=CCN(c1ccc(F)cc1)S(=O)(=O)c1cc(C(=O)N[C@@H](C)[C@@H]2C[C@H]3CC[C@H]2C3)ccc1Cl. The van der Waals surface area contributed by atoms with E-state index in [4.69, 9.17) is 11.6 Å². The van der Waals surface area contributed by atoms with E-state index in [2.05, 4.69) is 11.9 Å². The predicted molar refractivity (Wildman–Crippen MR) is 128 cm³/mol. The minimum Gasteiger partial charge on any atom is -0.349 e. The molecule has 1 amide bonds. The zero-order valence-corrected chi connectivity index (χ0v) is 20.1. The molecule has 2 aliphatic rings. The van der Waals surface area contributed by atoms with Crippen LogP contribution in [0.2, 0.25) is 5.02 Å². The standard InChI is InChI=1S/C25H28ClFN2O3S/c1-3-12-29(21-9-7-20(27)8-10-21)33(31,32)24-15-19(6-11-23(24)26)25(30)28-16(2)22-14-17-4-5-18(22)13-17/h3,6-11,15-18,22H,1,4-5,12-14H2,2H3,(H,28,30)/t16-,17-,18-,22-/m0/s1. The summed E-state index contributed by atoms with van der Waals surface area (Å²) in [6.07, 6.45) is 6.33. The minimum absolute atomic E-state index is 0.00359. The van der Waals surface area contributed by atoms with Crippen molar-refractivity contribution in [1.29, 1.82) is 0 Å². The number of nitrogens with zero attached hydrogens (tertiary/aromatic N) is 1. The average molecular weight is 491 g/mol. The van der Waals surface area contributed by atoms with Gasteiger partial charge in [-0.1, -0.05) is 24.1 Å². The highest BCUT2D eigenvalue weighted by Crippen LogP contribution is 2.49. The maximum absolute atomic E-state index is 13.5. The molecule has 2 bridgehead atoms. The van der Waals surface area contributed by atoms with Gasteiger partial charge in [-0.05, 0) is 86.4 Å². The van der Waals surface area contributed by atoms with E-state index >= 15 is 0 Å². The van der Waals surface area contributed by atoms with Gasteiger partial charge in [-0.25, -0.2) is 12.8 Å². The molecule has 8 heteroatoms. The van der Waals surface area contributed by atoms with Crippen molar-refractivity contribution in [1.82, 2.24) is 5.32 Å². The van der Waals surface area contributed by atoms with Gasteiger partial charge in [0.05, 0.1) is 17.3 Å². The molecule has 0 radical (unpaired) electrons. The van der Waals surface area contributed by atoms with Crippen molar-refractivity contribution in [3.8, 4) is 0 Å². The lowest BCUT2D eigenvalue weighted by Crippen LogP contribution is -2.40. The predicted octanol–water partition coefficient (Wildman–Crippen LogP) is 5.41. The molecule has 2 aromatic rings. The lowest BCUT2D eigenvalue weighted by atomic mass is 9.84. The van der Waals surface area contributed by atoms with Crippen LogP contribution in [0.25, 0.3) is 0 Å². The smallest absolute Gasteiger partial charge is 0.266 e. The van der Waals surface area contributed by atoms with Gasteiger partial charge in [0.2, 0.25) is 0 Å². The minimum atomic E-state index is -4.14. The second-order valence-corrected chi connectivity index (χ2v) is 11.3. The molecule has 2 aliphatic carbocycles. The van der Waals surface area contributed by atoms with Gasteiger partial charge in [-0.2, -0.15) is 0 Å². The third-order valence-electron chi connectivity index (χ3n) is 6.96. The lowest BCUT2D eigenvalue weighted by molar-refractivity contribution is 0.0915. The summed E-state index contributed by atoms with van der Waals surface area (Å²) in [5, 5.41) is 3.07. The van der Waals surface area contributed by atoms with Crippen LogP contribution < -0.4 is 9.62 Å². The Hall–Kier alpha value is -2.38. The highest BCUT2D eigenvalue weighted by molar-refractivity contribution is 7.93. The van der Waals surface area contributed by atoms with Crippen LogP contribution in [0, 0.1) is 23.6 Å². The van der Waals surface area contributed by atoms with Crippen LogP contribution in [-0.2, 0) is 10.0 Å². The van der Waals surface area contributed by atoms with E-state index in [9.17, 15) is 17.6 Å². The van der Waals surface area contributed by atoms with Crippen LogP contribution in [-0.4, -0.2) is 26.9 Å². The normalized spacial score (nSPS) is 22.7. The topological polar surface area (TPSA) is 66.5 Å². The van der Waals surface area contributed by atoms with Crippen molar-refractivity contribution in [2.24, 2.45) is 17.8 Å². The molecular weight excluding hydrogens is 463 g/mol. The average Bonchev–Trinajstić information content (AvgIpc) is 3.42. The number of rotatable bonds is 8. The molecule has 1 N–H and O–H groups in total. The highest BCUT2D eigenvalue weighted by Gasteiger charge is 2.42. The number of hydrogen-bond donors (Lipinski definition) is 1. The summed E-state index contributed by atoms with van der Waals surface area (Å²) in [5.41, 5.74) is 0.498. The van der Waals surface area contributed by atoms with E-state index in [0.717, 1.165) is 16.6 Å². The van der Waals surface area contributed by atoms with Crippen LogP contribution in [0.4, 0.5) is 10.1 Å². The number of benzene rings is 2. The summed E-state index contributed by atoms with van der Waals surface area (Å²) in [7, 11) is -4.14. The number of nitrogens with one attached hydrogen (secondary N) is 1. The number of sulfonamides is 1. The van der Waals surface area contributed by atoms with Gasteiger partial charge in [-0.3, -0.25) is 9.10 Å². The number of carbonyl (C=O) groups excluding carboxylic acids is 1. The number of hydrogen-bond acceptors (Lipinski definition) is 3. The Morgan fingerprint density at radius 3 is 2.58 bits per heavy atom. The number of carbonyl (C=O) groups is 1. The molecule has 0 aliphatic heterocycles. The van der Waals surface area contributed by atoms with Gasteiger partial charge < -0.3 is 5.32 Å². The molecule has 176 valence electrons. The molecule has 33 heavy (non-hydrogen) atoms. The number of anilines is 1. The Labute approximate surface area is 199 Å². The molecule has 0 heterocycles. The monoisotopic (exact) mass is 490 g/mol. The molecule has 2 fully saturated rings. The van der Waals surface area contributed by atoms with Crippen molar-refractivity contribution >= 4 is 33.2 Å². The third-order valence-corrected chi connectivity index (χ3v) is 9.24. The Kier molecular flexibility index (Phi) is 6.82. The van der Waals surface area contributed by atoms with Gasteiger partial charge in [0.1, 0.15) is 10.7 Å². The van der Waals surface area contributed by atoms with Crippen molar-refractivity contribution in [2.45, 2.75) is 43.5 Å². The van der Waals surface area contributed by atoms with E-state index in [-0.39, 0.29) is 39.7 Å². The molecular formula is C25H28ClFN2O3S. The second-order valence-electron chi connectivity index (χ2n) is 9.05. The fourth-order valence-corrected chi connectivity index (χ4v) is 7.27. The first-order valence-corrected chi connectivity index (χ1v) is 13.0. The zero-order valence-electron chi connectivity index (χ0n) is 18.5. The zero-order chi connectivity index (χ0) is 23.8. The number of halogens is 2. The van der Waals surface area contributed by atoms with Crippen LogP contribution in [0.3, 0.4) is 0 Å². The van der Waals surface area contributed by atoms with Crippen molar-refractivity contribution in [3.63, 3.8) is 0 Å². The summed E-state index contributed by atoms with van der Waals surface area (Å²) in [5.74, 6) is 1.10. The third kappa shape index (κ3) is 4.80. The largest absolute Gasteiger partial charge is 0.349 e. The summed E-state index contributed by atoms with van der Waals surface area (Å²) in [4.78, 5) is 12.8. The van der Waals surface area contributed by atoms with Gasteiger partial charge in [-0.15, -0.1) is 6.58 Å². The van der Waals surface area contributed by atoms with E-state index in [1.165, 1.54) is 67.8 Å². The van der Waals surface area contributed by atoms with Crippen LogP contribution >= 0.6 is 11.6 Å². The maximum Gasteiger partial charge on any atom is 0.266 e. The number of fused-ring (bicyclic) bond motifs is 2. The molecule has 2 saturated carbocycles. The molecule has 5 nitrogen and oxygen atoms in total. The molecule has 4 atom stereocenters. The molecule has 0 spiro atoms. The van der Waals surface area contributed by atoms with Crippen molar-refractivity contribution in [3.05, 3.63) is 71.5 Å². The Morgan fingerprint density at radius 1 is 1.24 bits per heavy atom. The van der Waals surface area contributed by atoms with Gasteiger partial charge >= 0.3 is 0 Å². The fraction of sp³-hybridized carbons (Fsp3) is 0.400. The first kappa shape index (κ1) is 23.8.